The number of fused-ring (bicyclic) bond motifs is 1. The van der Waals surface area contributed by atoms with Crippen molar-refractivity contribution in [2.24, 2.45) is 5.92 Å². The number of nitro benzene ring substituents is 1. The first-order valence-corrected chi connectivity index (χ1v) is 5.90. The summed E-state index contributed by atoms with van der Waals surface area (Å²) < 4.78 is 0. The van der Waals surface area contributed by atoms with Crippen LogP contribution in [0.15, 0.2) is 24.5 Å². The number of carbonyl (C=O) groups excluding carboxylic acids is 1. The van der Waals surface area contributed by atoms with Gasteiger partial charge in [-0.25, -0.2) is 9.97 Å². The fourth-order valence-corrected chi connectivity index (χ4v) is 1.72. The van der Waals surface area contributed by atoms with Gasteiger partial charge in [0.25, 0.3) is 5.69 Å². The maximum absolute atomic E-state index is 11.8. The third-order valence-corrected chi connectivity index (χ3v) is 2.90. The van der Waals surface area contributed by atoms with E-state index in [0.29, 0.717) is 16.6 Å². The van der Waals surface area contributed by atoms with E-state index in [-0.39, 0.29) is 23.8 Å². The lowest BCUT2D eigenvalue weighted by atomic mass is 10.0. The first kappa shape index (κ1) is 13.1. The van der Waals surface area contributed by atoms with Gasteiger partial charge in [-0.2, -0.15) is 0 Å². The predicted octanol–water partition coefficient (Wildman–Crippen LogP) is 2.31. The molecule has 1 heterocycles. The number of nitro groups is 1. The van der Waals surface area contributed by atoms with Gasteiger partial charge >= 0.3 is 0 Å². The summed E-state index contributed by atoms with van der Waals surface area (Å²) >= 11 is 0. The molecule has 2 aromatic rings. The van der Waals surface area contributed by atoms with Crippen LogP contribution >= 0.6 is 0 Å². The summed E-state index contributed by atoms with van der Waals surface area (Å²) in [5.41, 5.74) is 1.11. The lowest BCUT2D eigenvalue weighted by Crippen LogP contribution is -2.11. The minimum atomic E-state index is -0.472. The molecule has 0 unspecified atom stereocenters. The van der Waals surface area contributed by atoms with Crippen LogP contribution in [0.5, 0.6) is 0 Å². The van der Waals surface area contributed by atoms with E-state index >= 15 is 0 Å². The fourth-order valence-electron chi connectivity index (χ4n) is 1.72. The maximum Gasteiger partial charge on any atom is 0.270 e. The van der Waals surface area contributed by atoms with E-state index in [0.717, 1.165) is 0 Å². The molecule has 1 aromatic heterocycles. The van der Waals surface area contributed by atoms with E-state index in [2.05, 4.69) is 9.97 Å². The van der Waals surface area contributed by atoms with Crippen molar-refractivity contribution in [2.75, 3.05) is 0 Å². The van der Waals surface area contributed by atoms with Crippen molar-refractivity contribution >= 4 is 22.4 Å². The molecule has 6 nitrogen and oxygen atoms in total. The highest BCUT2D eigenvalue weighted by Gasteiger charge is 2.14. The third-order valence-electron chi connectivity index (χ3n) is 2.90. The van der Waals surface area contributed by atoms with Crippen LogP contribution in [0.2, 0.25) is 0 Å². The van der Waals surface area contributed by atoms with Crippen LogP contribution in [0.1, 0.15) is 19.5 Å². The van der Waals surface area contributed by atoms with Crippen LogP contribution in [0, 0.1) is 16.0 Å². The molecular weight excluding hydrogens is 246 g/mol. The highest BCUT2D eigenvalue weighted by molar-refractivity contribution is 5.89. The molecule has 0 bridgehead atoms. The molecule has 0 aliphatic rings. The minimum Gasteiger partial charge on any atom is -0.299 e. The van der Waals surface area contributed by atoms with Crippen LogP contribution in [0.3, 0.4) is 0 Å². The van der Waals surface area contributed by atoms with E-state index in [1.165, 1.54) is 18.5 Å². The van der Waals surface area contributed by atoms with Gasteiger partial charge in [0.05, 0.1) is 16.1 Å². The molecule has 0 aliphatic heterocycles. The molecule has 0 saturated carbocycles. The predicted molar refractivity (Wildman–Crippen MR) is 69.7 cm³/mol. The lowest BCUT2D eigenvalue weighted by Gasteiger charge is -2.06. The third kappa shape index (κ3) is 2.73. The number of aromatic nitrogens is 2. The average molecular weight is 259 g/mol. The number of ketones is 1. The number of rotatable bonds is 4. The van der Waals surface area contributed by atoms with Gasteiger partial charge < -0.3 is 0 Å². The lowest BCUT2D eigenvalue weighted by molar-refractivity contribution is -0.384. The van der Waals surface area contributed by atoms with E-state index < -0.39 is 4.92 Å². The van der Waals surface area contributed by atoms with Crippen molar-refractivity contribution in [1.29, 1.82) is 0 Å². The summed E-state index contributed by atoms with van der Waals surface area (Å²) in [5.74, 6) is -0.0461. The summed E-state index contributed by atoms with van der Waals surface area (Å²) in [4.78, 5) is 30.2. The SMILES string of the molecule is CC(C)C(=O)Cc1ncnc2ccc([N+](=O)[O-])cc12. The van der Waals surface area contributed by atoms with E-state index in [1.54, 1.807) is 6.07 Å². The van der Waals surface area contributed by atoms with E-state index in [9.17, 15) is 14.9 Å². The number of hydrogen-bond acceptors (Lipinski definition) is 5. The Labute approximate surface area is 109 Å². The number of benzene rings is 1. The molecular formula is C13H13N3O3. The molecule has 0 fully saturated rings. The Morgan fingerprint density at radius 3 is 2.74 bits per heavy atom. The summed E-state index contributed by atoms with van der Waals surface area (Å²) in [7, 11) is 0. The van der Waals surface area contributed by atoms with Crippen molar-refractivity contribution in [1.82, 2.24) is 9.97 Å². The number of Topliss-reactive ketones (excluding diaryl/α,β-unsaturated/α-hetero) is 1. The largest absolute Gasteiger partial charge is 0.299 e. The van der Waals surface area contributed by atoms with Crippen LogP contribution < -0.4 is 0 Å². The molecule has 0 amide bonds. The first-order valence-electron chi connectivity index (χ1n) is 5.90. The zero-order valence-electron chi connectivity index (χ0n) is 10.7. The van der Waals surface area contributed by atoms with Gasteiger partial charge in [-0.05, 0) is 6.07 Å². The Bertz CT molecular complexity index is 653. The Kier molecular flexibility index (Phi) is 3.50. The molecule has 0 spiro atoms. The molecule has 98 valence electrons. The van der Waals surface area contributed by atoms with Crippen molar-refractivity contribution in [3.05, 3.63) is 40.3 Å². The molecule has 0 radical (unpaired) electrons. The highest BCUT2D eigenvalue weighted by Crippen LogP contribution is 2.22. The van der Waals surface area contributed by atoms with Crippen molar-refractivity contribution < 1.29 is 9.72 Å². The van der Waals surface area contributed by atoms with Gasteiger partial charge in [0.2, 0.25) is 0 Å². The van der Waals surface area contributed by atoms with Gasteiger partial charge in [-0.15, -0.1) is 0 Å². The highest BCUT2D eigenvalue weighted by atomic mass is 16.6. The van der Waals surface area contributed by atoms with E-state index in [1.807, 2.05) is 13.8 Å². The monoisotopic (exact) mass is 259 g/mol. The van der Waals surface area contributed by atoms with Crippen LogP contribution in [0.4, 0.5) is 5.69 Å². The molecule has 6 heteroatoms. The molecule has 1 aromatic carbocycles. The Morgan fingerprint density at radius 2 is 2.11 bits per heavy atom. The van der Waals surface area contributed by atoms with Gasteiger partial charge in [0.15, 0.2) is 0 Å². The second-order valence-corrected chi connectivity index (χ2v) is 4.58. The first-order chi connectivity index (χ1) is 8.99. The summed E-state index contributed by atoms with van der Waals surface area (Å²) in [6.07, 6.45) is 1.54. The van der Waals surface area contributed by atoms with Crippen molar-refractivity contribution in [2.45, 2.75) is 20.3 Å². The number of nitrogens with zero attached hydrogens (tertiary/aromatic N) is 3. The van der Waals surface area contributed by atoms with Crippen LogP contribution in [-0.2, 0) is 11.2 Å². The summed E-state index contributed by atoms with van der Waals surface area (Å²) in [6, 6.07) is 4.38. The Morgan fingerprint density at radius 1 is 1.37 bits per heavy atom. The van der Waals surface area contributed by atoms with Gasteiger partial charge in [-0.3, -0.25) is 14.9 Å². The maximum atomic E-state index is 11.8. The molecule has 2 rings (SSSR count). The second-order valence-electron chi connectivity index (χ2n) is 4.58. The quantitative estimate of drug-likeness (QED) is 0.621. The van der Waals surface area contributed by atoms with Crippen molar-refractivity contribution in [3.8, 4) is 0 Å². The zero-order chi connectivity index (χ0) is 14.0. The van der Waals surface area contributed by atoms with Gasteiger partial charge in [0.1, 0.15) is 12.1 Å². The summed E-state index contributed by atoms with van der Waals surface area (Å²) in [6.45, 7) is 3.63. The smallest absolute Gasteiger partial charge is 0.270 e. The average Bonchev–Trinajstić information content (AvgIpc) is 2.38. The minimum absolute atomic E-state index is 0.0273. The Hall–Kier alpha value is -2.37. The number of non-ortho nitro benzene ring substituents is 1. The fraction of sp³-hybridized carbons (Fsp3) is 0.308. The standard InChI is InChI=1S/C13H13N3O3/c1-8(2)13(17)6-12-10-5-9(16(18)19)3-4-11(10)14-7-15-12/h3-5,7-8H,6H2,1-2H3. The second kappa shape index (κ2) is 5.09. The zero-order valence-corrected chi connectivity index (χ0v) is 10.7. The molecule has 0 N–H and O–H groups in total. The number of hydrogen-bond donors (Lipinski definition) is 0. The van der Waals surface area contributed by atoms with Gasteiger partial charge in [-0.1, -0.05) is 13.8 Å². The summed E-state index contributed by atoms with van der Waals surface area (Å²) in [5, 5.41) is 11.3. The topological polar surface area (TPSA) is 86.0 Å². The van der Waals surface area contributed by atoms with Crippen LogP contribution in [-0.4, -0.2) is 20.7 Å². The van der Waals surface area contributed by atoms with Crippen molar-refractivity contribution in [3.63, 3.8) is 0 Å². The van der Waals surface area contributed by atoms with Crippen LogP contribution in [0.25, 0.3) is 10.9 Å². The molecule has 0 aliphatic carbocycles. The van der Waals surface area contributed by atoms with E-state index in [4.69, 9.17) is 0 Å². The number of carbonyl (C=O) groups is 1. The normalized spacial score (nSPS) is 10.9. The molecule has 0 saturated heterocycles. The Balaban J connectivity index is 2.51. The molecule has 0 atom stereocenters. The molecule has 19 heavy (non-hydrogen) atoms. The van der Waals surface area contributed by atoms with Gasteiger partial charge in [0, 0.05) is 29.9 Å².